The SMILES string of the molecule is CC.CC(C)(C)NS(=O)(=O)Cc1ccccc1. The first-order valence-corrected chi connectivity index (χ1v) is 7.49. The number of sulfonamides is 1. The fraction of sp³-hybridized carbons (Fsp3) is 0.538. The molecule has 17 heavy (non-hydrogen) atoms. The summed E-state index contributed by atoms with van der Waals surface area (Å²) in [6, 6.07) is 9.15. The van der Waals surface area contributed by atoms with E-state index in [1.165, 1.54) is 0 Å². The average molecular weight is 257 g/mol. The first-order chi connectivity index (χ1) is 7.79. The lowest BCUT2D eigenvalue weighted by Gasteiger charge is -2.20. The van der Waals surface area contributed by atoms with Crippen molar-refractivity contribution in [2.24, 2.45) is 0 Å². The van der Waals surface area contributed by atoms with Gasteiger partial charge in [-0.2, -0.15) is 0 Å². The van der Waals surface area contributed by atoms with Crippen LogP contribution in [-0.4, -0.2) is 14.0 Å². The average Bonchev–Trinajstić information content (AvgIpc) is 2.17. The van der Waals surface area contributed by atoms with E-state index in [0.717, 1.165) is 5.56 Å². The highest BCUT2D eigenvalue weighted by Crippen LogP contribution is 2.08. The van der Waals surface area contributed by atoms with Gasteiger partial charge in [-0.3, -0.25) is 0 Å². The van der Waals surface area contributed by atoms with Crippen molar-refractivity contribution in [2.45, 2.75) is 45.9 Å². The van der Waals surface area contributed by atoms with Gasteiger partial charge in [0.25, 0.3) is 0 Å². The van der Waals surface area contributed by atoms with E-state index >= 15 is 0 Å². The molecule has 0 fully saturated rings. The number of rotatable bonds is 3. The molecule has 0 spiro atoms. The second-order valence-electron chi connectivity index (χ2n) is 4.60. The third kappa shape index (κ3) is 7.94. The summed E-state index contributed by atoms with van der Waals surface area (Å²) < 4.78 is 26.0. The monoisotopic (exact) mass is 257 g/mol. The fourth-order valence-corrected chi connectivity index (χ4v) is 2.93. The molecule has 0 amide bonds. The lowest BCUT2D eigenvalue weighted by molar-refractivity contribution is 0.491. The minimum absolute atomic E-state index is 0.0328. The summed E-state index contributed by atoms with van der Waals surface area (Å²) in [4.78, 5) is 0. The molecule has 0 unspecified atom stereocenters. The molecule has 0 saturated carbocycles. The standard InChI is InChI=1S/C11H17NO2S.C2H6/c1-11(2,3)12-15(13,14)9-10-7-5-4-6-8-10;1-2/h4-8,12H,9H2,1-3H3;1-2H3. The van der Waals surface area contributed by atoms with Gasteiger partial charge in [0.05, 0.1) is 5.75 Å². The van der Waals surface area contributed by atoms with Gasteiger partial charge in [-0.15, -0.1) is 0 Å². The van der Waals surface area contributed by atoms with Crippen LogP contribution in [0.2, 0.25) is 0 Å². The molecule has 0 aliphatic rings. The molecule has 0 aliphatic heterocycles. The maximum absolute atomic E-state index is 11.7. The van der Waals surface area contributed by atoms with E-state index in [4.69, 9.17) is 0 Å². The van der Waals surface area contributed by atoms with Gasteiger partial charge in [-0.05, 0) is 26.3 Å². The fourth-order valence-electron chi connectivity index (χ4n) is 1.30. The Morgan fingerprint density at radius 1 is 1.06 bits per heavy atom. The molecule has 1 N–H and O–H groups in total. The van der Waals surface area contributed by atoms with Crippen molar-refractivity contribution in [3.63, 3.8) is 0 Å². The highest BCUT2D eigenvalue weighted by molar-refractivity contribution is 7.88. The van der Waals surface area contributed by atoms with Crippen LogP contribution in [-0.2, 0) is 15.8 Å². The number of nitrogens with one attached hydrogen (secondary N) is 1. The number of hydrogen-bond acceptors (Lipinski definition) is 2. The zero-order chi connectivity index (χ0) is 13.5. The first-order valence-electron chi connectivity index (χ1n) is 5.84. The summed E-state index contributed by atoms with van der Waals surface area (Å²) in [5, 5.41) is 0. The minimum atomic E-state index is -3.24. The van der Waals surface area contributed by atoms with Gasteiger partial charge in [0.1, 0.15) is 0 Å². The molecule has 0 saturated heterocycles. The van der Waals surface area contributed by atoms with Crippen molar-refractivity contribution in [1.82, 2.24) is 4.72 Å². The molecule has 3 nitrogen and oxygen atoms in total. The van der Waals surface area contributed by atoms with Crippen molar-refractivity contribution in [3.05, 3.63) is 35.9 Å². The third-order valence-electron chi connectivity index (χ3n) is 1.66. The predicted molar refractivity (Wildman–Crippen MR) is 73.3 cm³/mol. The molecule has 1 aromatic rings. The summed E-state index contributed by atoms with van der Waals surface area (Å²) in [5.74, 6) is 0.0328. The maximum Gasteiger partial charge on any atom is 0.216 e. The second kappa shape index (κ2) is 6.77. The Balaban J connectivity index is 0.00000121. The Labute approximate surface area is 105 Å². The Bertz CT molecular complexity index is 405. The van der Waals surface area contributed by atoms with Gasteiger partial charge < -0.3 is 0 Å². The molecular formula is C13H23NO2S. The highest BCUT2D eigenvalue weighted by Gasteiger charge is 2.19. The van der Waals surface area contributed by atoms with Crippen molar-refractivity contribution < 1.29 is 8.42 Å². The van der Waals surface area contributed by atoms with Crippen LogP contribution in [0.5, 0.6) is 0 Å². The van der Waals surface area contributed by atoms with Crippen LogP contribution in [0.1, 0.15) is 40.2 Å². The van der Waals surface area contributed by atoms with Crippen molar-refractivity contribution >= 4 is 10.0 Å². The molecule has 98 valence electrons. The third-order valence-corrected chi connectivity index (χ3v) is 3.30. The smallest absolute Gasteiger partial charge is 0.212 e. The largest absolute Gasteiger partial charge is 0.216 e. The predicted octanol–water partition coefficient (Wildman–Crippen LogP) is 2.93. The van der Waals surface area contributed by atoms with E-state index in [1.54, 1.807) is 0 Å². The Morgan fingerprint density at radius 3 is 1.94 bits per heavy atom. The number of hydrogen-bond donors (Lipinski definition) is 1. The van der Waals surface area contributed by atoms with Crippen LogP contribution >= 0.6 is 0 Å². The highest BCUT2D eigenvalue weighted by atomic mass is 32.2. The zero-order valence-electron chi connectivity index (χ0n) is 11.3. The van der Waals surface area contributed by atoms with Gasteiger partial charge in [0.2, 0.25) is 10.0 Å². The Hall–Kier alpha value is -0.870. The molecular weight excluding hydrogens is 234 g/mol. The van der Waals surface area contributed by atoms with Gasteiger partial charge in [-0.25, -0.2) is 13.1 Å². The summed E-state index contributed by atoms with van der Waals surface area (Å²) >= 11 is 0. The van der Waals surface area contributed by atoms with E-state index in [2.05, 4.69) is 4.72 Å². The van der Waals surface area contributed by atoms with Gasteiger partial charge >= 0.3 is 0 Å². The Kier molecular flexibility index (Phi) is 6.42. The summed E-state index contributed by atoms with van der Waals surface area (Å²) in [6.45, 7) is 9.49. The molecule has 1 aromatic carbocycles. The normalized spacial score (nSPS) is 11.6. The van der Waals surface area contributed by atoms with Crippen molar-refractivity contribution in [3.8, 4) is 0 Å². The molecule has 0 heterocycles. The lowest BCUT2D eigenvalue weighted by atomic mass is 10.1. The van der Waals surface area contributed by atoms with E-state index < -0.39 is 15.6 Å². The molecule has 1 rings (SSSR count). The van der Waals surface area contributed by atoms with Gasteiger partial charge in [0, 0.05) is 5.54 Å². The molecule has 0 bridgehead atoms. The van der Waals surface area contributed by atoms with E-state index in [-0.39, 0.29) is 5.75 Å². The van der Waals surface area contributed by atoms with Crippen LogP contribution in [0, 0.1) is 0 Å². The topological polar surface area (TPSA) is 46.2 Å². The summed E-state index contributed by atoms with van der Waals surface area (Å²) in [7, 11) is -3.24. The zero-order valence-corrected chi connectivity index (χ0v) is 12.1. The molecule has 0 radical (unpaired) electrons. The van der Waals surface area contributed by atoms with E-state index in [9.17, 15) is 8.42 Å². The summed E-state index contributed by atoms with van der Waals surface area (Å²) in [5.41, 5.74) is 0.377. The lowest BCUT2D eigenvalue weighted by Crippen LogP contribution is -2.41. The number of benzene rings is 1. The van der Waals surface area contributed by atoms with Crippen LogP contribution in [0.15, 0.2) is 30.3 Å². The first kappa shape index (κ1) is 16.1. The van der Waals surface area contributed by atoms with Crippen LogP contribution in [0.4, 0.5) is 0 Å². The minimum Gasteiger partial charge on any atom is -0.212 e. The second-order valence-corrected chi connectivity index (χ2v) is 6.32. The summed E-state index contributed by atoms with van der Waals surface area (Å²) in [6.07, 6.45) is 0. The van der Waals surface area contributed by atoms with E-state index in [0.29, 0.717) is 0 Å². The van der Waals surface area contributed by atoms with Gasteiger partial charge in [-0.1, -0.05) is 44.2 Å². The van der Waals surface area contributed by atoms with Crippen LogP contribution in [0.3, 0.4) is 0 Å². The molecule has 0 atom stereocenters. The molecule has 0 aromatic heterocycles. The van der Waals surface area contributed by atoms with Gasteiger partial charge in [0.15, 0.2) is 0 Å². The van der Waals surface area contributed by atoms with Crippen LogP contribution < -0.4 is 4.72 Å². The van der Waals surface area contributed by atoms with Crippen molar-refractivity contribution in [2.75, 3.05) is 0 Å². The maximum atomic E-state index is 11.7. The Morgan fingerprint density at radius 2 is 1.53 bits per heavy atom. The molecule has 0 aliphatic carbocycles. The van der Waals surface area contributed by atoms with Crippen LogP contribution in [0.25, 0.3) is 0 Å². The van der Waals surface area contributed by atoms with Crippen molar-refractivity contribution in [1.29, 1.82) is 0 Å². The molecule has 4 heteroatoms. The van der Waals surface area contributed by atoms with E-state index in [1.807, 2.05) is 65.0 Å². The quantitative estimate of drug-likeness (QED) is 0.905.